The van der Waals surface area contributed by atoms with Crippen LogP contribution in [0.2, 0.25) is 0 Å². The van der Waals surface area contributed by atoms with Gasteiger partial charge in [-0.1, -0.05) is 12.5 Å². The average molecular weight is 277 g/mol. The molecule has 1 fully saturated rings. The highest BCUT2D eigenvalue weighted by Crippen LogP contribution is 2.41. The Balaban J connectivity index is 2.00. The van der Waals surface area contributed by atoms with Crippen LogP contribution in [-0.2, 0) is 16.1 Å². The van der Waals surface area contributed by atoms with Crippen LogP contribution in [0.25, 0.3) is 0 Å². The second kappa shape index (κ2) is 6.22. The van der Waals surface area contributed by atoms with E-state index in [1.165, 1.54) is 0 Å². The Kier molecular flexibility index (Phi) is 4.60. The molecule has 0 aliphatic heterocycles. The van der Waals surface area contributed by atoms with Gasteiger partial charge >= 0.3 is 0 Å². The van der Waals surface area contributed by atoms with E-state index in [1.807, 2.05) is 31.1 Å². The Bertz CT molecular complexity index is 470. The molecule has 1 heterocycles. The lowest BCUT2D eigenvalue weighted by atomic mass is 9.68. The zero-order valence-corrected chi connectivity index (χ0v) is 12.5. The highest BCUT2D eigenvalue weighted by atomic mass is 16.5. The molecule has 0 aromatic carbocycles. The fraction of sp³-hybridized carbons (Fsp3) is 0.600. The largest absolute Gasteiger partial charge is 0.384 e. The van der Waals surface area contributed by atoms with E-state index in [2.05, 4.69) is 10.3 Å². The van der Waals surface area contributed by atoms with Crippen LogP contribution in [0.15, 0.2) is 18.3 Å². The molecular formula is C15H23N3O2. The van der Waals surface area contributed by atoms with Gasteiger partial charge in [0.1, 0.15) is 5.82 Å². The minimum absolute atomic E-state index is 0.0964. The molecular weight excluding hydrogens is 254 g/mol. The third kappa shape index (κ3) is 2.93. The summed E-state index contributed by atoms with van der Waals surface area (Å²) in [6.07, 6.45) is 4.70. The molecule has 0 spiro atoms. The van der Waals surface area contributed by atoms with E-state index in [4.69, 9.17) is 4.74 Å². The Morgan fingerprint density at radius 3 is 2.80 bits per heavy atom. The smallest absolute Gasteiger partial charge is 0.228 e. The number of nitrogens with zero attached hydrogens (tertiary/aromatic N) is 2. The van der Waals surface area contributed by atoms with E-state index in [0.717, 1.165) is 30.6 Å². The van der Waals surface area contributed by atoms with Crippen molar-refractivity contribution in [1.29, 1.82) is 0 Å². The van der Waals surface area contributed by atoms with Crippen molar-refractivity contribution in [2.45, 2.75) is 25.8 Å². The Morgan fingerprint density at radius 2 is 2.25 bits per heavy atom. The van der Waals surface area contributed by atoms with E-state index in [-0.39, 0.29) is 11.3 Å². The number of nitrogens with one attached hydrogen (secondary N) is 1. The van der Waals surface area contributed by atoms with Gasteiger partial charge in [0.25, 0.3) is 0 Å². The minimum atomic E-state index is -0.310. The van der Waals surface area contributed by atoms with Gasteiger partial charge in [-0.3, -0.25) is 4.79 Å². The number of hydrogen-bond donors (Lipinski definition) is 1. The van der Waals surface area contributed by atoms with Crippen molar-refractivity contribution in [3.8, 4) is 0 Å². The molecule has 5 nitrogen and oxygen atoms in total. The molecule has 1 aliphatic carbocycles. The maximum Gasteiger partial charge on any atom is 0.228 e. The maximum atomic E-state index is 12.4. The fourth-order valence-corrected chi connectivity index (χ4v) is 2.65. The summed E-state index contributed by atoms with van der Waals surface area (Å²) in [7, 11) is 5.55. The third-order valence-electron chi connectivity index (χ3n) is 3.94. The summed E-state index contributed by atoms with van der Waals surface area (Å²) in [4.78, 5) is 18.7. The molecule has 1 N–H and O–H groups in total. The summed E-state index contributed by atoms with van der Waals surface area (Å²) in [5.74, 6) is 0.987. The van der Waals surface area contributed by atoms with Crippen molar-refractivity contribution in [3.63, 3.8) is 0 Å². The molecule has 20 heavy (non-hydrogen) atoms. The zero-order chi connectivity index (χ0) is 14.6. The summed E-state index contributed by atoms with van der Waals surface area (Å²) in [5.41, 5.74) is 0.715. The van der Waals surface area contributed by atoms with Crippen LogP contribution in [0.5, 0.6) is 0 Å². The number of methoxy groups -OCH3 is 1. The quantitative estimate of drug-likeness (QED) is 0.858. The van der Waals surface area contributed by atoms with Crippen molar-refractivity contribution >= 4 is 11.7 Å². The van der Waals surface area contributed by atoms with Crippen LogP contribution in [0.4, 0.5) is 5.82 Å². The number of rotatable bonds is 6. The number of amides is 1. The summed E-state index contributed by atoms with van der Waals surface area (Å²) in [6.45, 7) is 1.01. The first-order valence-corrected chi connectivity index (χ1v) is 6.97. The van der Waals surface area contributed by atoms with Gasteiger partial charge in [-0.2, -0.15) is 0 Å². The van der Waals surface area contributed by atoms with Crippen molar-refractivity contribution in [2.24, 2.45) is 5.41 Å². The molecule has 0 radical (unpaired) electrons. The summed E-state index contributed by atoms with van der Waals surface area (Å²) >= 11 is 0. The number of anilines is 1. The average Bonchev–Trinajstić information content (AvgIpc) is 2.40. The lowest BCUT2D eigenvalue weighted by Crippen LogP contribution is -2.48. The standard InChI is InChI=1S/C15H23N3O2/c1-18(2)13-12(6-4-9-16-13)10-17-14(19)15(11-20-3)7-5-8-15/h4,6,9H,5,7-8,10-11H2,1-3H3,(H,17,19). The highest BCUT2D eigenvalue weighted by Gasteiger charge is 2.43. The molecule has 5 heteroatoms. The first kappa shape index (κ1) is 14.8. The number of ether oxygens (including phenoxy) is 1. The van der Waals surface area contributed by atoms with Gasteiger partial charge < -0.3 is 15.0 Å². The van der Waals surface area contributed by atoms with Crippen LogP contribution in [0, 0.1) is 5.41 Å². The first-order valence-electron chi connectivity index (χ1n) is 6.97. The summed E-state index contributed by atoms with van der Waals surface area (Å²) < 4.78 is 5.20. The van der Waals surface area contributed by atoms with Crippen LogP contribution < -0.4 is 10.2 Å². The number of carbonyl (C=O) groups excluding carboxylic acids is 1. The van der Waals surface area contributed by atoms with Gasteiger partial charge in [-0.05, 0) is 18.9 Å². The van der Waals surface area contributed by atoms with E-state index < -0.39 is 0 Å². The Morgan fingerprint density at radius 1 is 1.50 bits per heavy atom. The molecule has 1 aromatic heterocycles. The molecule has 110 valence electrons. The summed E-state index contributed by atoms with van der Waals surface area (Å²) in [6, 6.07) is 3.88. The molecule has 1 amide bonds. The van der Waals surface area contributed by atoms with Crippen LogP contribution in [0.3, 0.4) is 0 Å². The number of carbonyl (C=O) groups is 1. The number of pyridine rings is 1. The SMILES string of the molecule is COCC1(C(=O)NCc2cccnc2N(C)C)CCC1. The van der Waals surface area contributed by atoms with Gasteiger partial charge in [0.05, 0.1) is 12.0 Å². The Labute approximate surface area is 120 Å². The second-order valence-electron chi connectivity index (χ2n) is 5.63. The third-order valence-corrected chi connectivity index (χ3v) is 3.94. The van der Waals surface area contributed by atoms with Crippen molar-refractivity contribution < 1.29 is 9.53 Å². The van der Waals surface area contributed by atoms with Crippen LogP contribution in [-0.4, -0.2) is 38.7 Å². The monoisotopic (exact) mass is 277 g/mol. The van der Waals surface area contributed by atoms with E-state index in [9.17, 15) is 4.79 Å². The molecule has 1 aliphatic rings. The molecule has 1 saturated carbocycles. The maximum absolute atomic E-state index is 12.4. The molecule has 0 bridgehead atoms. The number of aromatic nitrogens is 1. The minimum Gasteiger partial charge on any atom is -0.384 e. The van der Waals surface area contributed by atoms with E-state index in [1.54, 1.807) is 13.3 Å². The molecule has 2 rings (SSSR count). The first-order chi connectivity index (χ1) is 9.59. The predicted molar refractivity (Wildman–Crippen MR) is 78.6 cm³/mol. The van der Waals surface area contributed by atoms with Gasteiger partial charge in [0, 0.05) is 39.5 Å². The topological polar surface area (TPSA) is 54.5 Å². The van der Waals surface area contributed by atoms with Crippen LogP contribution in [0.1, 0.15) is 24.8 Å². The predicted octanol–water partition coefficient (Wildman–Crippen LogP) is 1.58. The van der Waals surface area contributed by atoms with Crippen molar-refractivity contribution in [3.05, 3.63) is 23.9 Å². The Hall–Kier alpha value is -1.62. The second-order valence-corrected chi connectivity index (χ2v) is 5.63. The molecule has 0 atom stereocenters. The van der Waals surface area contributed by atoms with Gasteiger partial charge in [-0.15, -0.1) is 0 Å². The lowest BCUT2D eigenvalue weighted by molar-refractivity contribution is -0.140. The summed E-state index contributed by atoms with van der Waals surface area (Å²) in [5, 5.41) is 3.04. The highest BCUT2D eigenvalue weighted by molar-refractivity contribution is 5.83. The molecule has 0 unspecified atom stereocenters. The zero-order valence-electron chi connectivity index (χ0n) is 12.5. The van der Waals surface area contributed by atoms with Crippen molar-refractivity contribution in [1.82, 2.24) is 10.3 Å². The fourth-order valence-electron chi connectivity index (χ4n) is 2.65. The normalized spacial score (nSPS) is 16.4. The van der Waals surface area contributed by atoms with E-state index in [0.29, 0.717) is 13.2 Å². The molecule has 0 saturated heterocycles. The van der Waals surface area contributed by atoms with Crippen molar-refractivity contribution in [2.75, 3.05) is 32.7 Å². The van der Waals surface area contributed by atoms with Crippen LogP contribution >= 0.6 is 0 Å². The van der Waals surface area contributed by atoms with E-state index >= 15 is 0 Å². The van der Waals surface area contributed by atoms with Gasteiger partial charge in [-0.25, -0.2) is 4.98 Å². The number of hydrogen-bond acceptors (Lipinski definition) is 4. The lowest BCUT2D eigenvalue weighted by Gasteiger charge is -2.39. The molecule has 1 aromatic rings. The van der Waals surface area contributed by atoms with Gasteiger partial charge in [0.2, 0.25) is 5.91 Å². The van der Waals surface area contributed by atoms with Gasteiger partial charge in [0.15, 0.2) is 0 Å².